The van der Waals surface area contributed by atoms with Gasteiger partial charge in [-0.1, -0.05) is 51.8 Å². The number of ether oxygens (including phenoxy) is 1. The van der Waals surface area contributed by atoms with Gasteiger partial charge in [-0.05, 0) is 31.0 Å². The van der Waals surface area contributed by atoms with Gasteiger partial charge in [0.05, 0.1) is 13.2 Å². The second-order valence-electron chi connectivity index (χ2n) is 4.80. The molecule has 2 aromatic rings. The quantitative estimate of drug-likeness (QED) is 0.649. The van der Waals surface area contributed by atoms with Crippen LogP contribution in [0, 0.1) is 6.92 Å². The molecule has 2 rings (SSSR count). The van der Waals surface area contributed by atoms with Gasteiger partial charge in [0, 0.05) is 10.0 Å². The Morgan fingerprint density at radius 3 is 2.70 bits per heavy atom. The minimum atomic E-state index is 0.0137. The third-order valence-corrected chi connectivity index (χ3v) is 3.79. The Labute approximate surface area is 128 Å². The number of benzene rings is 2. The Morgan fingerprint density at radius 2 is 2.05 bits per heavy atom. The zero-order valence-electron chi connectivity index (χ0n) is 11.7. The van der Waals surface area contributed by atoms with Crippen molar-refractivity contribution in [1.82, 2.24) is 5.43 Å². The highest BCUT2D eigenvalue weighted by Crippen LogP contribution is 2.30. The molecule has 1 unspecified atom stereocenters. The van der Waals surface area contributed by atoms with Crippen molar-refractivity contribution < 1.29 is 4.74 Å². The highest BCUT2D eigenvalue weighted by atomic mass is 79.9. The first-order valence-electron chi connectivity index (χ1n) is 6.49. The summed E-state index contributed by atoms with van der Waals surface area (Å²) in [6.07, 6.45) is 0.816. The summed E-state index contributed by atoms with van der Waals surface area (Å²) in [4.78, 5) is 0. The lowest BCUT2D eigenvalue weighted by atomic mass is 9.97. The molecule has 0 aliphatic rings. The minimum Gasteiger partial charge on any atom is -0.496 e. The molecule has 0 heterocycles. The molecule has 3 nitrogen and oxygen atoms in total. The van der Waals surface area contributed by atoms with Gasteiger partial charge in [-0.2, -0.15) is 0 Å². The van der Waals surface area contributed by atoms with E-state index in [1.54, 1.807) is 7.11 Å². The van der Waals surface area contributed by atoms with E-state index in [0.717, 1.165) is 22.2 Å². The molecule has 106 valence electrons. The summed E-state index contributed by atoms with van der Waals surface area (Å²) >= 11 is 3.45. The van der Waals surface area contributed by atoms with Crippen LogP contribution in [0.2, 0.25) is 0 Å². The van der Waals surface area contributed by atoms with Crippen molar-refractivity contribution >= 4 is 15.9 Å². The van der Waals surface area contributed by atoms with Crippen LogP contribution in [0.4, 0.5) is 0 Å². The number of halogens is 1. The molecule has 0 aromatic heterocycles. The zero-order valence-corrected chi connectivity index (χ0v) is 13.3. The van der Waals surface area contributed by atoms with Crippen LogP contribution in [0.25, 0.3) is 0 Å². The molecule has 20 heavy (non-hydrogen) atoms. The van der Waals surface area contributed by atoms with Crippen LogP contribution < -0.4 is 16.0 Å². The second kappa shape index (κ2) is 6.88. The monoisotopic (exact) mass is 334 g/mol. The first kappa shape index (κ1) is 15.0. The molecule has 0 spiro atoms. The maximum atomic E-state index is 5.74. The van der Waals surface area contributed by atoms with E-state index in [1.807, 2.05) is 18.2 Å². The number of hydrogen-bond donors (Lipinski definition) is 2. The van der Waals surface area contributed by atoms with Crippen molar-refractivity contribution in [3.05, 3.63) is 63.6 Å². The number of nitrogens with one attached hydrogen (secondary N) is 1. The van der Waals surface area contributed by atoms with Crippen molar-refractivity contribution in [2.75, 3.05) is 7.11 Å². The van der Waals surface area contributed by atoms with Crippen LogP contribution in [0.1, 0.15) is 22.7 Å². The Bertz CT molecular complexity index is 586. The van der Waals surface area contributed by atoms with Crippen LogP contribution >= 0.6 is 15.9 Å². The molecular formula is C16H19BrN2O. The summed E-state index contributed by atoms with van der Waals surface area (Å²) in [5.41, 5.74) is 6.44. The van der Waals surface area contributed by atoms with E-state index in [1.165, 1.54) is 11.1 Å². The Hall–Kier alpha value is -1.36. The third-order valence-electron chi connectivity index (χ3n) is 3.29. The van der Waals surface area contributed by atoms with Gasteiger partial charge in [0.2, 0.25) is 0 Å². The third kappa shape index (κ3) is 3.60. The summed E-state index contributed by atoms with van der Waals surface area (Å²) < 4.78 is 6.44. The predicted octanol–water partition coefficient (Wildman–Crippen LogP) is 3.51. The first-order valence-corrected chi connectivity index (χ1v) is 7.28. The molecule has 0 radical (unpaired) electrons. The van der Waals surface area contributed by atoms with Crippen molar-refractivity contribution in [2.24, 2.45) is 5.84 Å². The van der Waals surface area contributed by atoms with Crippen LogP contribution in [-0.2, 0) is 6.42 Å². The van der Waals surface area contributed by atoms with Crippen LogP contribution in [0.15, 0.2) is 46.9 Å². The lowest BCUT2D eigenvalue weighted by Gasteiger charge is -2.19. The van der Waals surface area contributed by atoms with Gasteiger partial charge in [-0.15, -0.1) is 0 Å². The van der Waals surface area contributed by atoms with Crippen molar-refractivity contribution in [1.29, 1.82) is 0 Å². The fraction of sp³-hybridized carbons (Fsp3) is 0.250. The largest absolute Gasteiger partial charge is 0.496 e. The summed E-state index contributed by atoms with van der Waals surface area (Å²) in [6.45, 7) is 2.09. The molecule has 0 amide bonds. The zero-order chi connectivity index (χ0) is 14.5. The minimum absolute atomic E-state index is 0.0137. The molecule has 0 aliphatic carbocycles. The highest BCUT2D eigenvalue weighted by Gasteiger charge is 2.15. The van der Waals surface area contributed by atoms with Gasteiger partial charge >= 0.3 is 0 Å². The maximum absolute atomic E-state index is 5.74. The number of hydrogen-bond acceptors (Lipinski definition) is 3. The highest BCUT2D eigenvalue weighted by molar-refractivity contribution is 9.10. The standard InChI is InChI=1S/C16H19BrN2O/c1-11-4-3-5-12(8-11)9-15(19-18)14-7-6-13(17)10-16(14)20-2/h3-8,10,15,19H,9,18H2,1-2H3. The van der Waals surface area contributed by atoms with Gasteiger partial charge in [0.15, 0.2) is 0 Å². The molecule has 1 atom stereocenters. The fourth-order valence-corrected chi connectivity index (χ4v) is 2.65. The van der Waals surface area contributed by atoms with Gasteiger partial charge in [0.1, 0.15) is 5.75 Å². The lowest BCUT2D eigenvalue weighted by molar-refractivity contribution is 0.398. The molecule has 0 saturated carbocycles. The van der Waals surface area contributed by atoms with E-state index in [9.17, 15) is 0 Å². The molecule has 0 fully saturated rings. The van der Waals surface area contributed by atoms with Crippen LogP contribution in [-0.4, -0.2) is 7.11 Å². The number of hydrazine groups is 1. The molecule has 3 N–H and O–H groups in total. The average molecular weight is 335 g/mol. The normalized spacial score (nSPS) is 12.2. The van der Waals surface area contributed by atoms with Crippen molar-refractivity contribution in [3.8, 4) is 5.75 Å². The first-order chi connectivity index (χ1) is 9.63. The predicted molar refractivity (Wildman–Crippen MR) is 85.6 cm³/mol. The number of rotatable bonds is 5. The van der Waals surface area contributed by atoms with Crippen molar-refractivity contribution in [2.45, 2.75) is 19.4 Å². The van der Waals surface area contributed by atoms with Crippen molar-refractivity contribution in [3.63, 3.8) is 0 Å². The number of methoxy groups -OCH3 is 1. The Balaban J connectivity index is 2.28. The maximum Gasteiger partial charge on any atom is 0.124 e. The molecule has 0 bridgehead atoms. The second-order valence-corrected chi connectivity index (χ2v) is 5.71. The molecule has 0 saturated heterocycles. The number of nitrogens with two attached hydrogens (primary N) is 1. The van der Waals surface area contributed by atoms with E-state index in [2.05, 4.69) is 52.5 Å². The molecular weight excluding hydrogens is 316 g/mol. The summed E-state index contributed by atoms with van der Waals surface area (Å²) in [7, 11) is 1.67. The van der Waals surface area contributed by atoms with Gasteiger partial charge in [-0.25, -0.2) is 0 Å². The topological polar surface area (TPSA) is 47.3 Å². The van der Waals surface area contributed by atoms with E-state index in [4.69, 9.17) is 10.6 Å². The lowest BCUT2D eigenvalue weighted by Crippen LogP contribution is -2.30. The average Bonchev–Trinajstić information content (AvgIpc) is 2.45. The van der Waals surface area contributed by atoms with Crippen LogP contribution in [0.5, 0.6) is 5.75 Å². The Kier molecular flexibility index (Phi) is 5.17. The Morgan fingerprint density at radius 1 is 1.25 bits per heavy atom. The van der Waals surface area contributed by atoms with E-state index >= 15 is 0 Å². The van der Waals surface area contributed by atoms with Gasteiger partial charge < -0.3 is 4.74 Å². The number of aryl methyl sites for hydroxylation is 1. The molecule has 4 heteroatoms. The molecule has 2 aromatic carbocycles. The summed E-state index contributed by atoms with van der Waals surface area (Å²) in [5.74, 6) is 6.56. The van der Waals surface area contributed by atoms with E-state index < -0.39 is 0 Å². The van der Waals surface area contributed by atoms with Gasteiger partial charge in [-0.3, -0.25) is 11.3 Å². The summed E-state index contributed by atoms with van der Waals surface area (Å²) in [5, 5.41) is 0. The van der Waals surface area contributed by atoms with Gasteiger partial charge in [0.25, 0.3) is 0 Å². The SMILES string of the molecule is COc1cc(Br)ccc1C(Cc1cccc(C)c1)NN. The van der Waals surface area contributed by atoms with E-state index in [-0.39, 0.29) is 6.04 Å². The summed E-state index contributed by atoms with van der Waals surface area (Å²) in [6, 6.07) is 14.4. The fourth-order valence-electron chi connectivity index (χ4n) is 2.31. The smallest absolute Gasteiger partial charge is 0.124 e. The molecule has 0 aliphatic heterocycles. The van der Waals surface area contributed by atoms with Crippen LogP contribution in [0.3, 0.4) is 0 Å². The van der Waals surface area contributed by atoms with E-state index in [0.29, 0.717) is 0 Å².